The second-order valence-electron chi connectivity index (χ2n) is 6.88. The molecular weight excluding hydrogens is 404 g/mol. The van der Waals surface area contributed by atoms with Gasteiger partial charge in [0.25, 0.3) is 5.08 Å². The van der Waals surface area contributed by atoms with Gasteiger partial charge in [-0.1, -0.05) is 20.8 Å². The Labute approximate surface area is 156 Å². The van der Waals surface area contributed by atoms with Crippen molar-refractivity contribution in [3.05, 3.63) is 18.7 Å². The zero-order valence-corrected chi connectivity index (χ0v) is 16.9. The highest BCUT2D eigenvalue weighted by atomic mass is 31.2. The fraction of sp³-hybridized carbons (Fsp3) is 0.692. The molecule has 0 aliphatic carbocycles. The molecule has 1 aromatic heterocycles. The maximum atomic E-state index is 11.4. The summed E-state index contributed by atoms with van der Waals surface area (Å²) >= 11 is 0. The number of aryl methyl sites for hydroxylation is 1. The van der Waals surface area contributed by atoms with Gasteiger partial charge in [-0.15, -0.1) is 0 Å². The molecular formula is C13H24N3O9P2-. The van der Waals surface area contributed by atoms with Crippen molar-refractivity contribution in [2.45, 2.75) is 51.0 Å². The summed E-state index contributed by atoms with van der Waals surface area (Å²) in [6, 6.07) is 0. The first-order valence-electron chi connectivity index (χ1n) is 7.82. The average Bonchev–Trinajstić information content (AvgIpc) is 2.86. The van der Waals surface area contributed by atoms with Crippen LogP contribution < -0.4 is 14.6 Å². The maximum absolute atomic E-state index is 11.4. The van der Waals surface area contributed by atoms with Gasteiger partial charge < -0.3 is 39.1 Å². The minimum absolute atomic E-state index is 0.173. The predicted molar refractivity (Wildman–Crippen MR) is 89.2 cm³/mol. The first kappa shape index (κ1) is 23.8. The van der Waals surface area contributed by atoms with E-state index >= 15 is 0 Å². The number of aliphatic hydroxyl groups is 1. The van der Waals surface area contributed by atoms with E-state index in [1.807, 2.05) is 0 Å². The summed E-state index contributed by atoms with van der Waals surface area (Å²) in [4.78, 5) is 42.2. The van der Waals surface area contributed by atoms with Crippen molar-refractivity contribution >= 4 is 21.3 Å². The smallest absolute Gasteiger partial charge is 0.369 e. The molecule has 1 heterocycles. The van der Waals surface area contributed by atoms with Crippen LogP contribution in [0.4, 0.5) is 0 Å². The van der Waals surface area contributed by atoms with E-state index in [2.05, 4.69) is 4.99 Å². The van der Waals surface area contributed by atoms with Crippen LogP contribution in [0.1, 0.15) is 27.2 Å². The Hall–Kier alpha value is -1.26. The number of imidazole rings is 1. The Bertz CT molecular complexity index is 737. The lowest BCUT2D eigenvalue weighted by Gasteiger charge is -2.34. The molecule has 1 rings (SSSR count). The summed E-state index contributed by atoms with van der Waals surface area (Å²) in [5.41, 5.74) is -0.643. The fourth-order valence-corrected chi connectivity index (χ4v) is 3.98. The monoisotopic (exact) mass is 428 g/mol. The first-order chi connectivity index (χ1) is 12.1. The normalized spacial score (nSPS) is 18.0. The molecule has 0 aliphatic heterocycles. The molecule has 0 spiro atoms. The highest BCUT2D eigenvalue weighted by molar-refractivity contribution is 7.71. The summed E-state index contributed by atoms with van der Waals surface area (Å²) < 4.78 is 30.1. The van der Waals surface area contributed by atoms with Crippen molar-refractivity contribution in [2.24, 2.45) is 4.99 Å². The van der Waals surface area contributed by atoms with Gasteiger partial charge in [0.2, 0.25) is 6.33 Å². The van der Waals surface area contributed by atoms with Crippen molar-refractivity contribution in [1.29, 1.82) is 0 Å². The molecule has 12 nitrogen and oxygen atoms in total. The minimum atomic E-state index is -5.77. The van der Waals surface area contributed by atoms with Crippen molar-refractivity contribution in [1.82, 2.24) is 4.57 Å². The zero-order valence-electron chi connectivity index (χ0n) is 15.1. The summed E-state index contributed by atoms with van der Waals surface area (Å²) in [7, 11) is -11.4. The highest BCUT2D eigenvalue weighted by Gasteiger charge is 2.55. The highest BCUT2D eigenvalue weighted by Crippen LogP contribution is 2.65. The third-order valence-electron chi connectivity index (χ3n) is 3.27. The Morgan fingerprint density at radius 2 is 1.89 bits per heavy atom. The number of aromatic nitrogens is 2. The predicted octanol–water partition coefficient (Wildman–Crippen LogP) is -1.93. The molecule has 156 valence electrons. The molecule has 0 saturated heterocycles. The second kappa shape index (κ2) is 8.40. The Balaban J connectivity index is 2.70. The number of rotatable bonds is 8. The number of nitrogens with zero attached hydrogens (tertiary/aromatic N) is 3. The van der Waals surface area contributed by atoms with Crippen molar-refractivity contribution in [3.63, 3.8) is 0 Å². The van der Waals surface area contributed by atoms with Gasteiger partial charge in [-0.05, 0) is 0 Å². The molecule has 2 atom stereocenters. The summed E-state index contributed by atoms with van der Waals surface area (Å²) in [6.07, 6.45) is 3.74. The molecule has 0 radical (unpaired) electrons. The van der Waals surface area contributed by atoms with Gasteiger partial charge in [-0.2, -0.15) is 0 Å². The number of hydrogen-bond donors (Lipinski definition) is 4. The van der Waals surface area contributed by atoms with Crippen LogP contribution in [0.25, 0.3) is 0 Å². The van der Waals surface area contributed by atoms with Crippen molar-refractivity contribution in [3.8, 4) is 0 Å². The molecule has 4 N–H and O–H groups in total. The van der Waals surface area contributed by atoms with Crippen molar-refractivity contribution < 1.29 is 48.2 Å². The van der Waals surface area contributed by atoms with Crippen LogP contribution in [-0.2, 0) is 27.0 Å². The van der Waals surface area contributed by atoms with E-state index in [-0.39, 0.29) is 6.54 Å². The lowest BCUT2D eigenvalue weighted by Crippen LogP contribution is -2.48. The molecule has 14 heteroatoms. The van der Waals surface area contributed by atoms with Gasteiger partial charge >= 0.3 is 7.60 Å². The van der Waals surface area contributed by atoms with Gasteiger partial charge in [0, 0.05) is 18.6 Å². The van der Waals surface area contributed by atoms with Crippen LogP contribution in [0, 0.1) is 0 Å². The van der Waals surface area contributed by atoms with E-state index in [4.69, 9.17) is 19.4 Å². The van der Waals surface area contributed by atoms with E-state index < -0.39 is 38.5 Å². The number of aliphatic imine (C=N–C) groups is 1. The molecule has 0 bridgehead atoms. The van der Waals surface area contributed by atoms with Gasteiger partial charge in [0.15, 0.2) is 7.60 Å². The Morgan fingerprint density at radius 1 is 1.30 bits per heavy atom. The Morgan fingerprint density at radius 3 is 2.37 bits per heavy atom. The SMILES string of the molecule is CC(C)(C)OC([O-])=NCCCn1cc[n+](CC(O)(P(=O)([O-])O)P(=O)(O)O)c1. The molecule has 27 heavy (non-hydrogen) atoms. The van der Waals surface area contributed by atoms with E-state index in [1.165, 1.54) is 23.3 Å². The van der Waals surface area contributed by atoms with Crippen LogP contribution in [-0.4, -0.2) is 47.7 Å². The maximum Gasteiger partial charge on any atom is 0.369 e. The van der Waals surface area contributed by atoms with E-state index in [0.717, 1.165) is 4.57 Å². The van der Waals surface area contributed by atoms with Crippen LogP contribution >= 0.6 is 15.2 Å². The quantitative estimate of drug-likeness (QED) is 0.120. The topological polar surface area (TPSA) is 192 Å². The van der Waals surface area contributed by atoms with Crippen LogP contribution in [0.2, 0.25) is 0 Å². The van der Waals surface area contributed by atoms with Gasteiger partial charge in [0.1, 0.15) is 25.0 Å². The lowest BCUT2D eigenvalue weighted by atomic mass is 10.2. The molecule has 0 fully saturated rings. The molecule has 2 unspecified atom stereocenters. The van der Waals surface area contributed by atoms with Gasteiger partial charge in [-0.25, -0.2) is 9.13 Å². The number of hydrogen-bond acceptors (Lipinski definition) is 7. The van der Waals surface area contributed by atoms with Gasteiger partial charge in [-0.3, -0.25) is 9.56 Å². The van der Waals surface area contributed by atoms with Crippen molar-refractivity contribution in [2.75, 3.05) is 6.54 Å². The van der Waals surface area contributed by atoms with E-state index in [0.29, 0.717) is 13.0 Å². The molecule has 1 aromatic rings. The molecule has 0 saturated carbocycles. The number of ether oxygens (including phenoxy) is 1. The average molecular weight is 428 g/mol. The summed E-state index contributed by atoms with van der Waals surface area (Å²) in [6.45, 7) is 4.60. The largest absolute Gasteiger partial charge is 0.776 e. The lowest BCUT2D eigenvalue weighted by molar-refractivity contribution is -0.703. The first-order valence-corrected chi connectivity index (χ1v) is 11.0. The zero-order chi connectivity index (χ0) is 21.1. The minimum Gasteiger partial charge on any atom is -0.776 e. The van der Waals surface area contributed by atoms with E-state index in [1.54, 1.807) is 20.8 Å². The standard InChI is InChI=1S/C13H25N3O9P2/c1-12(2,3)25-11(17)14-5-4-6-15-7-8-16(10-15)9-13(18,26(19,20)21)27(22,23)24/h7-8,10,18H,4-6,9H2,1-3H3,(H4-,14,17,19,20,21,22,23,24)/p-1. The fourth-order valence-electron chi connectivity index (χ4n) is 1.97. The second-order valence-corrected chi connectivity index (χ2v) is 10.8. The third-order valence-corrected chi connectivity index (χ3v) is 6.93. The van der Waals surface area contributed by atoms with Crippen LogP contribution in [0.15, 0.2) is 23.7 Å². The molecule has 0 amide bonds. The molecule has 0 aliphatic rings. The third kappa shape index (κ3) is 7.00. The summed E-state index contributed by atoms with van der Waals surface area (Å²) in [5.74, 6) is 0. The molecule has 0 aromatic carbocycles. The van der Waals surface area contributed by atoms with Gasteiger partial charge in [0.05, 0.1) is 6.54 Å². The van der Waals surface area contributed by atoms with Crippen LogP contribution in [0.5, 0.6) is 0 Å². The van der Waals surface area contributed by atoms with Crippen LogP contribution in [0.3, 0.4) is 0 Å². The van der Waals surface area contributed by atoms with E-state index in [9.17, 15) is 24.2 Å². The summed E-state index contributed by atoms with van der Waals surface area (Å²) in [5, 5.41) is 17.6. The Kier molecular flexibility index (Phi) is 7.40.